The number of hydroxylamine groups is 1. The number of carbonyl (C=O) groups excluding carboxylic acids is 1. The van der Waals surface area contributed by atoms with Gasteiger partial charge in [0.05, 0.1) is 13.2 Å². The molecular weight excluding hydrogens is 344 g/mol. The van der Waals surface area contributed by atoms with E-state index < -0.39 is 6.09 Å². The Morgan fingerprint density at radius 1 is 1.08 bits per heavy atom. The summed E-state index contributed by atoms with van der Waals surface area (Å²) in [5.41, 5.74) is 0.295. The van der Waals surface area contributed by atoms with Crippen LogP contribution in [0.1, 0.15) is 46.0 Å². The van der Waals surface area contributed by atoms with E-state index in [1.165, 1.54) is 0 Å². The second kappa shape index (κ2) is 14.8. The third-order valence-corrected chi connectivity index (χ3v) is 3.42. The van der Waals surface area contributed by atoms with Gasteiger partial charge in [0, 0.05) is 0 Å². The average molecular weight is 375 g/mol. The highest BCUT2D eigenvalue weighted by Gasteiger charge is 2.18. The van der Waals surface area contributed by atoms with Crippen LogP contribution in [0.15, 0.2) is 24.3 Å². The summed E-state index contributed by atoms with van der Waals surface area (Å²) in [6.45, 7) is 6.76. The predicted molar refractivity (Wildman–Crippen MR) is 102 cm³/mol. The van der Waals surface area contributed by atoms with Gasteiger partial charge in [-0.3, -0.25) is 5.21 Å². The molecule has 0 radical (unpaired) electrons. The van der Waals surface area contributed by atoms with Crippen LogP contribution in [0.2, 0.25) is 0 Å². The Morgan fingerprint density at radius 3 is 2.56 bits per heavy atom. The summed E-state index contributed by atoms with van der Waals surface area (Å²) in [6.07, 6.45) is 4.10. The fourth-order valence-corrected chi connectivity index (χ4v) is 2.11. The van der Waals surface area contributed by atoms with Crippen molar-refractivity contribution in [2.24, 2.45) is 0 Å². The molecule has 0 aromatic heterocycles. The van der Waals surface area contributed by atoms with Crippen LogP contribution in [0.25, 0.3) is 0 Å². The van der Waals surface area contributed by atoms with E-state index in [2.05, 4.69) is 19.2 Å². The lowest BCUT2D eigenvalue weighted by atomic mass is 10.2. The first-order valence-electron chi connectivity index (χ1n) is 8.79. The minimum Gasteiger partial charge on any atom is -0.491 e. The van der Waals surface area contributed by atoms with E-state index in [4.69, 9.17) is 9.47 Å². The maximum absolute atomic E-state index is 11.9. The zero-order chi connectivity index (χ0) is 17.6. The fourth-order valence-electron chi connectivity index (χ4n) is 2.11. The first kappa shape index (κ1) is 23.5. The maximum atomic E-state index is 11.9. The summed E-state index contributed by atoms with van der Waals surface area (Å²) in [4.78, 5) is 11.9. The van der Waals surface area contributed by atoms with Gasteiger partial charge in [-0.1, -0.05) is 38.8 Å². The fraction of sp³-hybridized carbons (Fsp3) is 0.611. The molecule has 1 rings (SSSR count). The summed E-state index contributed by atoms with van der Waals surface area (Å²) in [5.74, 6) is 0.470. The minimum absolute atomic E-state index is 0. The first-order valence-corrected chi connectivity index (χ1v) is 8.79. The Balaban J connectivity index is 0.00000576. The molecule has 1 aromatic rings. The highest BCUT2D eigenvalue weighted by molar-refractivity contribution is 5.87. The molecule has 0 bridgehead atoms. The van der Waals surface area contributed by atoms with Gasteiger partial charge in [0.2, 0.25) is 0 Å². The number of unbranched alkanes of at least 4 members (excludes halogenated alkanes) is 2. The van der Waals surface area contributed by atoms with Gasteiger partial charge >= 0.3 is 6.09 Å². The van der Waals surface area contributed by atoms with Crippen LogP contribution in [0.4, 0.5) is 10.5 Å². The molecule has 0 saturated heterocycles. The van der Waals surface area contributed by atoms with Gasteiger partial charge < -0.3 is 14.8 Å². The van der Waals surface area contributed by atoms with Crippen molar-refractivity contribution in [3.63, 3.8) is 0 Å². The number of hydrogen-bond donors (Lipinski definition) is 2. The lowest BCUT2D eigenvalue weighted by Gasteiger charge is -2.18. The molecule has 0 atom stereocenters. The largest absolute Gasteiger partial charge is 0.491 e. The molecule has 144 valence electrons. The molecule has 0 heterocycles. The highest BCUT2D eigenvalue weighted by atomic mass is 35.5. The number of ether oxygens (including phenoxy) is 2. The smallest absolute Gasteiger partial charge is 0.438 e. The molecule has 0 saturated carbocycles. The van der Waals surface area contributed by atoms with Crippen molar-refractivity contribution in [3.05, 3.63) is 24.3 Å². The molecule has 6 nitrogen and oxygen atoms in total. The molecule has 0 aliphatic carbocycles. The van der Waals surface area contributed by atoms with Gasteiger partial charge in [0.25, 0.3) is 0 Å². The molecule has 0 aliphatic heterocycles. The molecule has 25 heavy (non-hydrogen) atoms. The summed E-state index contributed by atoms with van der Waals surface area (Å²) in [6, 6.07) is 6.89. The van der Waals surface area contributed by atoms with Gasteiger partial charge in [0.1, 0.15) is 11.4 Å². The van der Waals surface area contributed by atoms with Crippen molar-refractivity contribution in [1.82, 2.24) is 5.32 Å². The molecule has 2 N–H and O–H groups in total. The molecule has 0 unspecified atom stereocenters. The SMILES string of the molecule is CCCCCOc1ccccc1N(O)C(=O)OCCCNCCC.Cl. The summed E-state index contributed by atoms with van der Waals surface area (Å²) in [5, 5.41) is 13.8. The molecule has 1 amide bonds. The summed E-state index contributed by atoms with van der Waals surface area (Å²) < 4.78 is 10.7. The Morgan fingerprint density at radius 2 is 1.84 bits per heavy atom. The third kappa shape index (κ3) is 9.53. The monoisotopic (exact) mass is 374 g/mol. The number of hydrogen-bond acceptors (Lipinski definition) is 5. The van der Waals surface area contributed by atoms with Gasteiger partial charge in [-0.05, 0) is 44.5 Å². The van der Waals surface area contributed by atoms with Crippen molar-refractivity contribution in [2.75, 3.05) is 31.4 Å². The van der Waals surface area contributed by atoms with Crippen LogP contribution in [-0.2, 0) is 4.74 Å². The second-order valence-electron chi connectivity index (χ2n) is 5.55. The molecule has 7 heteroatoms. The average Bonchev–Trinajstić information content (AvgIpc) is 2.61. The second-order valence-corrected chi connectivity index (χ2v) is 5.55. The standard InChI is InChI=1S/C18H30N2O4.ClH/c1-3-5-8-14-23-17-11-7-6-10-16(17)20(22)18(21)24-15-9-13-19-12-4-2;/h6-7,10-11,19,22H,3-5,8-9,12-15H2,1-2H3;1H. The molecule has 0 spiro atoms. The number of para-hydroxylation sites is 2. The Kier molecular flexibility index (Phi) is 13.9. The lowest BCUT2D eigenvalue weighted by molar-refractivity contribution is 0.118. The summed E-state index contributed by atoms with van der Waals surface area (Å²) >= 11 is 0. The quantitative estimate of drug-likeness (QED) is 0.322. The van der Waals surface area contributed by atoms with Gasteiger partial charge in [-0.2, -0.15) is 5.06 Å². The predicted octanol–water partition coefficient (Wildman–Crippen LogP) is 4.40. The van der Waals surface area contributed by atoms with E-state index in [-0.39, 0.29) is 19.0 Å². The van der Waals surface area contributed by atoms with Gasteiger partial charge in [-0.15, -0.1) is 12.4 Å². The van der Waals surface area contributed by atoms with Crippen molar-refractivity contribution in [2.45, 2.75) is 46.0 Å². The topological polar surface area (TPSA) is 71.0 Å². The first-order chi connectivity index (χ1) is 11.7. The normalized spacial score (nSPS) is 10.0. The molecule has 1 aromatic carbocycles. The van der Waals surface area contributed by atoms with E-state index in [1.54, 1.807) is 24.3 Å². The zero-order valence-electron chi connectivity index (χ0n) is 15.2. The van der Waals surface area contributed by atoms with E-state index in [0.29, 0.717) is 29.5 Å². The van der Waals surface area contributed by atoms with Crippen LogP contribution in [0, 0.1) is 0 Å². The number of nitrogens with one attached hydrogen (secondary N) is 1. The number of carbonyl (C=O) groups is 1. The van der Waals surface area contributed by atoms with E-state index in [0.717, 1.165) is 38.8 Å². The highest BCUT2D eigenvalue weighted by Crippen LogP contribution is 2.27. The van der Waals surface area contributed by atoms with Crippen LogP contribution in [0.5, 0.6) is 5.75 Å². The zero-order valence-corrected chi connectivity index (χ0v) is 16.0. The van der Waals surface area contributed by atoms with E-state index in [9.17, 15) is 10.0 Å². The minimum atomic E-state index is -0.796. The number of halogens is 1. The Bertz CT molecular complexity index is 474. The van der Waals surface area contributed by atoms with Crippen molar-refractivity contribution >= 4 is 24.2 Å². The summed E-state index contributed by atoms with van der Waals surface area (Å²) in [7, 11) is 0. The van der Waals surface area contributed by atoms with Crippen LogP contribution >= 0.6 is 12.4 Å². The molecular formula is C18H31ClN2O4. The molecule has 0 aliphatic rings. The maximum Gasteiger partial charge on any atom is 0.438 e. The van der Waals surface area contributed by atoms with E-state index >= 15 is 0 Å². The van der Waals surface area contributed by atoms with Gasteiger partial charge in [-0.25, -0.2) is 4.79 Å². The van der Waals surface area contributed by atoms with Crippen molar-refractivity contribution < 1.29 is 19.5 Å². The number of rotatable bonds is 12. The Hall–Kier alpha value is -1.50. The van der Waals surface area contributed by atoms with Crippen LogP contribution in [-0.4, -0.2) is 37.6 Å². The van der Waals surface area contributed by atoms with Crippen molar-refractivity contribution in [3.8, 4) is 5.75 Å². The van der Waals surface area contributed by atoms with Crippen LogP contribution in [0.3, 0.4) is 0 Å². The number of amides is 1. The number of anilines is 1. The third-order valence-electron chi connectivity index (χ3n) is 3.42. The molecule has 0 fully saturated rings. The Labute approximate surface area is 156 Å². The van der Waals surface area contributed by atoms with E-state index in [1.807, 2.05) is 0 Å². The number of benzene rings is 1. The lowest BCUT2D eigenvalue weighted by Crippen LogP contribution is -2.29. The van der Waals surface area contributed by atoms with Gasteiger partial charge in [0.15, 0.2) is 0 Å². The van der Waals surface area contributed by atoms with Crippen LogP contribution < -0.4 is 15.1 Å². The number of nitrogens with zero attached hydrogens (tertiary/aromatic N) is 1. The van der Waals surface area contributed by atoms with Crippen molar-refractivity contribution in [1.29, 1.82) is 0 Å².